The molecule has 1 atom stereocenters. The van der Waals surface area contributed by atoms with E-state index in [1.165, 1.54) is 0 Å². The number of carbonyl (C=O) groups is 4. The average molecular weight is 497 g/mol. The van der Waals surface area contributed by atoms with E-state index < -0.39 is 18.0 Å². The summed E-state index contributed by atoms with van der Waals surface area (Å²) >= 11 is 0. The fourth-order valence-electron chi connectivity index (χ4n) is 4.35. The molecule has 9 nitrogen and oxygen atoms in total. The third kappa shape index (κ3) is 4.92. The van der Waals surface area contributed by atoms with Crippen LogP contribution in [0.2, 0.25) is 0 Å². The molecule has 2 heterocycles. The maximum Gasteiger partial charge on any atom is 0.338 e. The van der Waals surface area contributed by atoms with Crippen molar-refractivity contribution in [1.82, 2.24) is 10.6 Å². The van der Waals surface area contributed by atoms with E-state index >= 15 is 0 Å². The Hall–Kier alpha value is -4.92. The highest BCUT2D eigenvalue weighted by atomic mass is 16.5. The number of carbonyl (C=O) groups excluding carboxylic acids is 4. The number of ether oxygens (including phenoxy) is 1. The van der Waals surface area contributed by atoms with Crippen molar-refractivity contribution in [1.29, 1.82) is 0 Å². The molecule has 0 saturated carbocycles. The maximum atomic E-state index is 13.2. The lowest BCUT2D eigenvalue weighted by Crippen LogP contribution is -2.31. The van der Waals surface area contributed by atoms with E-state index in [9.17, 15) is 19.2 Å². The van der Waals surface area contributed by atoms with Gasteiger partial charge >= 0.3 is 12.0 Å². The molecule has 2 aliphatic rings. The summed E-state index contributed by atoms with van der Waals surface area (Å²) in [5.41, 5.74) is 5.04. The molecule has 4 amide bonds. The molecule has 0 aliphatic carbocycles. The van der Waals surface area contributed by atoms with Gasteiger partial charge in [-0.15, -0.1) is 0 Å². The topological polar surface area (TPSA) is 126 Å². The van der Waals surface area contributed by atoms with Crippen molar-refractivity contribution >= 4 is 46.5 Å². The molecule has 1 saturated heterocycles. The van der Waals surface area contributed by atoms with Crippen LogP contribution in [0.15, 0.2) is 72.8 Å². The first-order chi connectivity index (χ1) is 17.9. The summed E-state index contributed by atoms with van der Waals surface area (Å²) in [6, 6.07) is 20.8. The number of hydrogen-bond acceptors (Lipinski definition) is 6. The van der Waals surface area contributed by atoms with Gasteiger partial charge < -0.3 is 20.7 Å². The zero-order valence-corrected chi connectivity index (χ0v) is 20.0. The minimum absolute atomic E-state index is 0.261. The van der Waals surface area contributed by atoms with Crippen molar-refractivity contribution < 1.29 is 23.9 Å². The third-order valence-corrected chi connectivity index (χ3v) is 6.11. The first-order valence-corrected chi connectivity index (χ1v) is 11.8. The van der Waals surface area contributed by atoms with Crippen LogP contribution in [0.4, 0.5) is 16.2 Å². The second-order valence-electron chi connectivity index (χ2n) is 8.59. The van der Waals surface area contributed by atoms with E-state index in [0.717, 1.165) is 16.8 Å². The van der Waals surface area contributed by atoms with Crippen LogP contribution in [0.5, 0.6) is 0 Å². The van der Waals surface area contributed by atoms with E-state index in [-0.39, 0.29) is 18.4 Å². The number of anilines is 2. The number of nitrogens with one attached hydrogen (secondary N) is 4. The number of hydrogen-bond donors (Lipinski definition) is 4. The zero-order valence-electron chi connectivity index (χ0n) is 20.0. The first-order valence-electron chi connectivity index (χ1n) is 11.8. The van der Waals surface area contributed by atoms with E-state index in [1.807, 2.05) is 54.6 Å². The predicted molar refractivity (Wildman–Crippen MR) is 139 cm³/mol. The van der Waals surface area contributed by atoms with Crippen LogP contribution in [0, 0.1) is 0 Å². The Morgan fingerprint density at radius 3 is 2.35 bits per heavy atom. The fourth-order valence-corrected chi connectivity index (χ4v) is 4.35. The van der Waals surface area contributed by atoms with Crippen LogP contribution in [0.3, 0.4) is 0 Å². The number of fused-ring (bicyclic) bond motifs is 1. The normalized spacial score (nSPS) is 17.4. The van der Waals surface area contributed by atoms with Gasteiger partial charge in [-0.3, -0.25) is 14.9 Å². The molecule has 37 heavy (non-hydrogen) atoms. The Balaban J connectivity index is 1.47. The maximum absolute atomic E-state index is 13.2. The SMILES string of the molecule is CCOC(=O)c1ccc2c(c1)NC(=O)/C2=C(\Nc1ccc(CC2NC(=O)NC2=O)cc1)c1ccccc1. The number of esters is 1. The smallest absolute Gasteiger partial charge is 0.338 e. The Morgan fingerprint density at radius 2 is 1.68 bits per heavy atom. The van der Waals surface area contributed by atoms with Gasteiger partial charge in [0, 0.05) is 17.7 Å². The molecule has 0 bridgehead atoms. The van der Waals surface area contributed by atoms with Crippen LogP contribution in [0.1, 0.15) is 34.0 Å². The van der Waals surface area contributed by atoms with Gasteiger partial charge in [0.05, 0.1) is 29.1 Å². The highest BCUT2D eigenvalue weighted by Crippen LogP contribution is 2.38. The third-order valence-electron chi connectivity index (χ3n) is 6.11. The molecule has 4 N–H and O–H groups in total. The number of rotatable bonds is 7. The second-order valence-corrected chi connectivity index (χ2v) is 8.59. The Kier molecular flexibility index (Phi) is 6.42. The second kappa shape index (κ2) is 9.98. The highest BCUT2D eigenvalue weighted by Gasteiger charge is 2.30. The Labute approximate surface area is 212 Å². The molecule has 0 radical (unpaired) electrons. The van der Waals surface area contributed by atoms with Crippen molar-refractivity contribution in [3.05, 3.63) is 95.1 Å². The van der Waals surface area contributed by atoms with Gasteiger partial charge in [0.15, 0.2) is 0 Å². The van der Waals surface area contributed by atoms with Gasteiger partial charge in [-0.05, 0) is 42.3 Å². The van der Waals surface area contributed by atoms with E-state index in [0.29, 0.717) is 34.5 Å². The summed E-state index contributed by atoms with van der Waals surface area (Å²) in [6.45, 7) is 2.00. The van der Waals surface area contributed by atoms with Gasteiger partial charge in [-0.25, -0.2) is 9.59 Å². The van der Waals surface area contributed by atoms with Crippen LogP contribution >= 0.6 is 0 Å². The van der Waals surface area contributed by atoms with Gasteiger partial charge in [0.25, 0.3) is 11.8 Å². The van der Waals surface area contributed by atoms with Gasteiger partial charge in [-0.1, -0.05) is 48.5 Å². The lowest BCUT2D eigenvalue weighted by molar-refractivity contribution is -0.120. The molecule has 5 rings (SSSR count). The lowest BCUT2D eigenvalue weighted by atomic mass is 9.99. The molecular weight excluding hydrogens is 472 g/mol. The summed E-state index contributed by atoms with van der Waals surface area (Å²) in [5, 5.41) is 11.1. The largest absolute Gasteiger partial charge is 0.462 e. The van der Waals surface area contributed by atoms with Crippen LogP contribution in [-0.2, 0) is 20.7 Å². The quantitative estimate of drug-likeness (QED) is 0.225. The average Bonchev–Trinajstić information content (AvgIpc) is 3.40. The molecule has 186 valence electrons. The van der Waals surface area contributed by atoms with E-state index in [2.05, 4.69) is 21.3 Å². The summed E-state index contributed by atoms with van der Waals surface area (Å²) in [5.74, 6) is -1.09. The Morgan fingerprint density at radius 1 is 0.919 bits per heavy atom. The minimum atomic E-state index is -0.605. The van der Waals surface area contributed by atoms with Crippen molar-refractivity contribution in [3.8, 4) is 0 Å². The zero-order chi connectivity index (χ0) is 25.9. The van der Waals surface area contributed by atoms with Crippen LogP contribution < -0.4 is 21.3 Å². The summed E-state index contributed by atoms with van der Waals surface area (Å²) < 4.78 is 5.08. The molecular formula is C28H24N4O5. The molecule has 0 spiro atoms. The molecule has 0 aromatic heterocycles. The van der Waals surface area contributed by atoms with Crippen molar-refractivity contribution in [2.45, 2.75) is 19.4 Å². The van der Waals surface area contributed by atoms with E-state index in [1.54, 1.807) is 25.1 Å². The van der Waals surface area contributed by atoms with Crippen molar-refractivity contribution in [2.75, 3.05) is 17.2 Å². The predicted octanol–water partition coefficient (Wildman–Crippen LogP) is 3.55. The number of amides is 4. The number of imide groups is 1. The summed E-state index contributed by atoms with van der Waals surface area (Å²) in [4.78, 5) is 48.5. The summed E-state index contributed by atoms with van der Waals surface area (Å²) in [6.07, 6.45) is 0.364. The minimum Gasteiger partial charge on any atom is -0.462 e. The Bertz CT molecular complexity index is 1430. The van der Waals surface area contributed by atoms with Crippen LogP contribution in [0.25, 0.3) is 11.3 Å². The van der Waals surface area contributed by atoms with Gasteiger partial charge in [-0.2, -0.15) is 0 Å². The first kappa shape index (κ1) is 23.8. The highest BCUT2D eigenvalue weighted by molar-refractivity contribution is 6.37. The number of benzene rings is 3. The standard InChI is InChI=1S/C28H24N4O5/c1-2-37-27(35)18-10-13-20-21(15-18)30-26(34)23(20)24(17-6-4-3-5-7-17)29-19-11-8-16(9-12-19)14-22-25(33)32-28(36)31-22/h3-13,15,22,29H,2,14H2,1H3,(H,30,34)(H2,31,32,33,36)/b24-23-. The van der Waals surface area contributed by atoms with Crippen LogP contribution in [-0.4, -0.2) is 36.5 Å². The van der Waals surface area contributed by atoms with Crippen molar-refractivity contribution in [3.63, 3.8) is 0 Å². The molecule has 1 unspecified atom stereocenters. The van der Waals surface area contributed by atoms with Crippen molar-refractivity contribution in [2.24, 2.45) is 0 Å². The number of urea groups is 1. The summed E-state index contributed by atoms with van der Waals surface area (Å²) in [7, 11) is 0. The van der Waals surface area contributed by atoms with E-state index in [4.69, 9.17) is 4.74 Å². The monoisotopic (exact) mass is 496 g/mol. The fraction of sp³-hybridized carbons (Fsp3) is 0.143. The molecule has 2 aliphatic heterocycles. The molecule has 3 aromatic carbocycles. The lowest BCUT2D eigenvalue weighted by Gasteiger charge is -2.15. The molecule has 3 aromatic rings. The van der Waals surface area contributed by atoms with Gasteiger partial charge in [0.1, 0.15) is 6.04 Å². The molecule has 1 fully saturated rings. The molecule has 9 heteroatoms. The van der Waals surface area contributed by atoms with Gasteiger partial charge in [0.2, 0.25) is 0 Å².